The Morgan fingerprint density at radius 1 is 1.50 bits per heavy atom. The summed E-state index contributed by atoms with van der Waals surface area (Å²) in [7, 11) is 3.81. The molecule has 2 rings (SSSR count). The number of nitrogens with one attached hydrogen (secondary N) is 1. The minimum Gasteiger partial charge on any atom is -0.319 e. The van der Waals surface area contributed by atoms with Crippen LogP contribution in [0.15, 0.2) is 0 Å². The summed E-state index contributed by atoms with van der Waals surface area (Å²) in [5.41, 5.74) is 0.401. The molecule has 1 aliphatic rings. The molecule has 5 nitrogen and oxygen atoms in total. The number of hydrogen-bond acceptors (Lipinski definition) is 4. The standard InChI is InChI=1S/C9H17N5/c1-10-7-9(4-3-5-9)6-8-11-13-14(2)12-8/h10H,3-7H2,1-2H3. The number of aryl methyl sites for hydroxylation is 1. The lowest BCUT2D eigenvalue weighted by atomic mass is 9.66. The van der Waals surface area contributed by atoms with Crippen LogP contribution in [0.3, 0.4) is 0 Å². The van der Waals surface area contributed by atoms with Crippen molar-refractivity contribution >= 4 is 0 Å². The Balaban J connectivity index is 2.01. The number of tetrazole rings is 1. The molecule has 0 aromatic carbocycles. The van der Waals surface area contributed by atoms with Crippen LogP contribution in [0.1, 0.15) is 25.1 Å². The highest BCUT2D eigenvalue weighted by Crippen LogP contribution is 2.42. The molecule has 0 radical (unpaired) electrons. The van der Waals surface area contributed by atoms with Gasteiger partial charge in [-0.2, -0.15) is 4.80 Å². The SMILES string of the molecule is CNCC1(Cc2nnn(C)n2)CCC1. The highest BCUT2D eigenvalue weighted by molar-refractivity contribution is 4.97. The van der Waals surface area contributed by atoms with Crippen LogP contribution in [0.2, 0.25) is 0 Å². The highest BCUT2D eigenvalue weighted by Gasteiger charge is 2.37. The van der Waals surface area contributed by atoms with Crippen molar-refractivity contribution in [2.24, 2.45) is 12.5 Å². The quantitative estimate of drug-likeness (QED) is 0.742. The molecule has 0 bridgehead atoms. The van der Waals surface area contributed by atoms with Gasteiger partial charge in [0.05, 0.1) is 7.05 Å². The van der Waals surface area contributed by atoms with E-state index in [-0.39, 0.29) is 0 Å². The number of aromatic nitrogens is 4. The average molecular weight is 195 g/mol. The van der Waals surface area contributed by atoms with Crippen LogP contribution in [0, 0.1) is 5.41 Å². The average Bonchev–Trinajstić information content (AvgIpc) is 2.48. The van der Waals surface area contributed by atoms with Gasteiger partial charge in [-0.1, -0.05) is 6.42 Å². The van der Waals surface area contributed by atoms with E-state index in [2.05, 4.69) is 20.7 Å². The van der Waals surface area contributed by atoms with E-state index >= 15 is 0 Å². The molecule has 0 aliphatic heterocycles. The van der Waals surface area contributed by atoms with E-state index in [0.717, 1.165) is 18.8 Å². The van der Waals surface area contributed by atoms with Gasteiger partial charge in [-0.15, -0.1) is 10.2 Å². The first-order valence-corrected chi connectivity index (χ1v) is 5.12. The van der Waals surface area contributed by atoms with Crippen molar-refractivity contribution in [2.75, 3.05) is 13.6 Å². The monoisotopic (exact) mass is 195 g/mol. The van der Waals surface area contributed by atoms with Crippen molar-refractivity contribution in [3.8, 4) is 0 Å². The molecule has 0 unspecified atom stereocenters. The number of hydrogen-bond donors (Lipinski definition) is 1. The molecule has 1 aliphatic carbocycles. The van der Waals surface area contributed by atoms with Gasteiger partial charge < -0.3 is 5.32 Å². The van der Waals surface area contributed by atoms with Crippen molar-refractivity contribution < 1.29 is 0 Å². The summed E-state index contributed by atoms with van der Waals surface area (Å²) in [6.45, 7) is 1.06. The second kappa shape index (κ2) is 3.65. The molecular formula is C9H17N5. The van der Waals surface area contributed by atoms with E-state index < -0.39 is 0 Å². The van der Waals surface area contributed by atoms with Gasteiger partial charge in [0.15, 0.2) is 5.82 Å². The van der Waals surface area contributed by atoms with Crippen molar-refractivity contribution in [2.45, 2.75) is 25.7 Å². The topological polar surface area (TPSA) is 55.6 Å². The molecule has 1 aromatic rings. The van der Waals surface area contributed by atoms with Crippen molar-refractivity contribution in [3.05, 3.63) is 5.82 Å². The van der Waals surface area contributed by atoms with Gasteiger partial charge >= 0.3 is 0 Å². The Morgan fingerprint density at radius 2 is 2.29 bits per heavy atom. The van der Waals surface area contributed by atoms with Gasteiger partial charge in [0.25, 0.3) is 0 Å². The second-order valence-corrected chi connectivity index (χ2v) is 4.26. The van der Waals surface area contributed by atoms with Crippen LogP contribution in [0.5, 0.6) is 0 Å². The van der Waals surface area contributed by atoms with Crippen LogP contribution >= 0.6 is 0 Å². The molecule has 5 heteroatoms. The van der Waals surface area contributed by atoms with E-state index in [1.807, 2.05) is 14.1 Å². The molecule has 0 amide bonds. The van der Waals surface area contributed by atoms with Gasteiger partial charge in [0, 0.05) is 13.0 Å². The van der Waals surface area contributed by atoms with E-state index in [1.165, 1.54) is 24.1 Å². The highest BCUT2D eigenvalue weighted by atomic mass is 15.6. The molecule has 0 atom stereocenters. The van der Waals surface area contributed by atoms with E-state index in [1.54, 1.807) is 0 Å². The maximum absolute atomic E-state index is 4.23. The molecule has 78 valence electrons. The minimum atomic E-state index is 0.401. The lowest BCUT2D eigenvalue weighted by molar-refractivity contribution is 0.130. The maximum atomic E-state index is 4.23. The van der Waals surface area contributed by atoms with Crippen molar-refractivity contribution in [1.82, 2.24) is 25.5 Å². The predicted molar refractivity (Wildman–Crippen MR) is 52.7 cm³/mol. The zero-order valence-corrected chi connectivity index (χ0v) is 8.82. The van der Waals surface area contributed by atoms with Crippen LogP contribution in [-0.4, -0.2) is 33.8 Å². The molecule has 1 heterocycles. The Morgan fingerprint density at radius 3 is 2.71 bits per heavy atom. The third-order valence-electron chi connectivity index (χ3n) is 3.05. The smallest absolute Gasteiger partial charge is 0.175 e. The fourth-order valence-electron chi connectivity index (χ4n) is 2.20. The zero-order chi connectivity index (χ0) is 10.0. The van der Waals surface area contributed by atoms with E-state index in [0.29, 0.717) is 5.41 Å². The fourth-order valence-corrected chi connectivity index (χ4v) is 2.20. The summed E-state index contributed by atoms with van der Waals surface area (Å²) < 4.78 is 0. The minimum absolute atomic E-state index is 0.401. The molecule has 0 saturated heterocycles. The van der Waals surface area contributed by atoms with Crippen LogP contribution in [-0.2, 0) is 13.5 Å². The van der Waals surface area contributed by atoms with Crippen LogP contribution in [0.4, 0.5) is 0 Å². The summed E-state index contributed by atoms with van der Waals surface area (Å²) in [5.74, 6) is 0.877. The Hall–Kier alpha value is -0.970. The molecular weight excluding hydrogens is 178 g/mol. The van der Waals surface area contributed by atoms with Gasteiger partial charge in [-0.3, -0.25) is 0 Å². The molecule has 1 saturated carbocycles. The second-order valence-electron chi connectivity index (χ2n) is 4.26. The first-order chi connectivity index (χ1) is 6.74. The summed E-state index contributed by atoms with van der Waals surface area (Å²) in [5, 5.41) is 15.4. The van der Waals surface area contributed by atoms with Gasteiger partial charge in [-0.05, 0) is 30.5 Å². The lowest BCUT2D eigenvalue weighted by Gasteiger charge is -2.41. The Labute approximate surface area is 83.9 Å². The third-order valence-corrected chi connectivity index (χ3v) is 3.05. The summed E-state index contributed by atoms with van der Waals surface area (Å²) in [6.07, 6.45) is 4.86. The predicted octanol–water partition coefficient (Wildman–Crippen LogP) is 0.142. The molecule has 1 aromatic heterocycles. The molecule has 0 spiro atoms. The van der Waals surface area contributed by atoms with Crippen molar-refractivity contribution in [3.63, 3.8) is 0 Å². The van der Waals surface area contributed by atoms with Crippen molar-refractivity contribution in [1.29, 1.82) is 0 Å². The van der Waals surface area contributed by atoms with Crippen LogP contribution < -0.4 is 5.32 Å². The number of rotatable bonds is 4. The first-order valence-electron chi connectivity index (χ1n) is 5.12. The molecule has 1 N–H and O–H groups in total. The third kappa shape index (κ3) is 1.77. The summed E-state index contributed by atoms with van der Waals surface area (Å²) in [6, 6.07) is 0. The summed E-state index contributed by atoms with van der Waals surface area (Å²) >= 11 is 0. The van der Waals surface area contributed by atoms with Gasteiger partial charge in [0.2, 0.25) is 0 Å². The molecule has 14 heavy (non-hydrogen) atoms. The zero-order valence-electron chi connectivity index (χ0n) is 8.82. The van der Waals surface area contributed by atoms with Gasteiger partial charge in [-0.25, -0.2) is 0 Å². The largest absolute Gasteiger partial charge is 0.319 e. The summed E-state index contributed by atoms with van der Waals surface area (Å²) in [4.78, 5) is 1.53. The maximum Gasteiger partial charge on any atom is 0.175 e. The Kier molecular flexibility index (Phi) is 2.50. The van der Waals surface area contributed by atoms with Crippen LogP contribution in [0.25, 0.3) is 0 Å². The lowest BCUT2D eigenvalue weighted by Crippen LogP contribution is -2.40. The van der Waals surface area contributed by atoms with E-state index in [4.69, 9.17) is 0 Å². The Bertz CT molecular complexity index is 302. The fraction of sp³-hybridized carbons (Fsp3) is 0.889. The molecule has 1 fully saturated rings. The normalized spacial score (nSPS) is 19.3. The first kappa shape index (κ1) is 9.58. The van der Waals surface area contributed by atoms with E-state index in [9.17, 15) is 0 Å². The number of nitrogens with zero attached hydrogens (tertiary/aromatic N) is 4. The van der Waals surface area contributed by atoms with Gasteiger partial charge in [0.1, 0.15) is 0 Å².